The lowest BCUT2D eigenvalue weighted by atomic mass is 10.2. The molecule has 3 heteroatoms. The van der Waals surface area contributed by atoms with Gasteiger partial charge in [-0.15, -0.1) is 0 Å². The van der Waals surface area contributed by atoms with E-state index in [1.165, 1.54) is 12.5 Å². The second kappa shape index (κ2) is 6.28. The summed E-state index contributed by atoms with van der Waals surface area (Å²) in [6.45, 7) is 6.24. The highest BCUT2D eigenvalue weighted by Crippen LogP contribution is 2.05. The first kappa shape index (κ1) is 12.7. The minimum atomic E-state index is -0.272. The molecule has 0 aliphatic carbocycles. The highest BCUT2D eigenvalue weighted by Gasteiger charge is 2.04. The molecule has 1 rings (SSSR count). The van der Waals surface area contributed by atoms with Crippen LogP contribution in [0.3, 0.4) is 0 Å². The van der Waals surface area contributed by atoms with Gasteiger partial charge in [-0.25, -0.2) is 0 Å². The molecule has 88 valence electrons. The zero-order valence-electron chi connectivity index (χ0n) is 10.0. The lowest BCUT2D eigenvalue weighted by Gasteiger charge is -2.12. The number of benzene rings is 1. The highest BCUT2D eigenvalue weighted by atomic mass is 16.6. The second-order valence-electron chi connectivity index (χ2n) is 3.92. The summed E-state index contributed by atoms with van der Waals surface area (Å²) in [7, 11) is 0. The molecule has 0 fully saturated rings. The number of esters is 1. The predicted molar refractivity (Wildman–Crippen MR) is 62.1 cm³/mol. The lowest BCUT2D eigenvalue weighted by Crippen LogP contribution is -2.18. The topological polar surface area (TPSA) is 35.5 Å². The van der Waals surface area contributed by atoms with Gasteiger partial charge in [0, 0.05) is 6.92 Å². The number of carbonyl (C=O) groups is 1. The van der Waals surface area contributed by atoms with Crippen molar-refractivity contribution < 1.29 is 14.3 Å². The van der Waals surface area contributed by atoms with Crippen LogP contribution in [-0.2, 0) is 20.9 Å². The van der Waals surface area contributed by atoms with Crippen LogP contribution in [0.5, 0.6) is 0 Å². The molecule has 1 unspecified atom stereocenters. The standard InChI is InChI=1S/C13H18O3/c1-10-4-6-13(7-5-10)9-15-8-11(2)16-12(3)14/h4-7,11H,8-9H2,1-3H3. The number of hydrogen-bond acceptors (Lipinski definition) is 3. The van der Waals surface area contributed by atoms with Gasteiger partial charge in [-0.1, -0.05) is 29.8 Å². The molecule has 0 spiro atoms. The lowest BCUT2D eigenvalue weighted by molar-refractivity contribution is -0.148. The zero-order chi connectivity index (χ0) is 12.0. The van der Waals surface area contributed by atoms with Crippen molar-refractivity contribution in [3.8, 4) is 0 Å². The number of aryl methyl sites for hydroxylation is 1. The number of ether oxygens (including phenoxy) is 2. The van der Waals surface area contributed by atoms with E-state index in [0.717, 1.165) is 5.56 Å². The summed E-state index contributed by atoms with van der Waals surface area (Å²) in [5, 5.41) is 0. The Kier molecular flexibility index (Phi) is 4.99. The van der Waals surface area contributed by atoms with Gasteiger partial charge >= 0.3 is 5.97 Å². The molecule has 0 aliphatic rings. The van der Waals surface area contributed by atoms with Gasteiger partial charge in [-0.2, -0.15) is 0 Å². The molecule has 0 radical (unpaired) electrons. The first-order chi connectivity index (χ1) is 7.58. The van der Waals surface area contributed by atoms with Crippen LogP contribution in [0.25, 0.3) is 0 Å². The summed E-state index contributed by atoms with van der Waals surface area (Å²) in [5.74, 6) is -0.272. The molecule has 0 bridgehead atoms. The van der Waals surface area contributed by atoms with Crippen molar-refractivity contribution in [2.45, 2.75) is 33.5 Å². The van der Waals surface area contributed by atoms with Crippen molar-refractivity contribution in [3.63, 3.8) is 0 Å². The normalized spacial score (nSPS) is 12.2. The van der Waals surface area contributed by atoms with Crippen molar-refractivity contribution in [1.82, 2.24) is 0 Å². The monoisotopic (exact) mass is 222 g/mol. The van der Waals surface area contributed by atoms with Gasteiger partial charge in [0.25, 0.3) is 0 Å². The molecule has 0 N–H and O–H groups in total. The van der Waals surface area contributed by atoms with E-state index in [9.17, 15) is 4.79 Å². The summed E-state index contributed by atoms with van der Waals surface area (Å²) < 4.78 is 10.4. The molecule has 16 heavy (non-hydrogen) atoms. The number of hydrogen-bond donors (Lipinski definition) is 0. The van der Waals surface area contributed by atoms with Crippen molar-refractivity contribution >= 4 is 5.97 Å². The average molecular weight is 222 g/mol. The average Bonchev–Trinajstić information content (AvgIpc) is 2.20. The van der Waals surface area contributed by atoms with Crippen LogP contribution in [0.2, 0.25) is 0 Å². The molecule has 1 aromatic carbocycles. The third kappa shape index (κ3) is 4.94. The smallest absolute Gasteiger partial charge is 0.302 e. The maximum Gasteiger partial charge on any atom is 0.302 e. The van der Waals surface area contributed by atoms with E-state index in [-0.39, 0.29) is 12.1 Å². The minimum Gasteiger partial charge on any atom is -0.460 e. The Bertz CT molecular complexity index is 330. The first-order valence-corrected chi connectivity index (χ1v) is 5.38. The number of rotatable bonds is 5. The quantitative estimate of drug-likeness (QED) is 0.718. The van der Waals surface area contributed by atoms with Crippen LogP contribution in [0.4, 0.5) is 0 Å². The third-order valence-electron chi connectivity index (χ3n) is 2.11. The summed E-state index contributed by atoms with van der Waals surface area (Å²) in [6.07, 6.45) is -0.192. The van der Waals surface area contributed by atoms with Gasteiger partial charge in [0.15, 0.2) is 0 Å². The molecule has 0 amide bonds. The molecule has 1 aromatic rings. The van der Waals surface area contributed by atoms with Crippen LogP contribution in [-0.4, -0.2) is 18.7 Å². The Morgan fingerprint density at radius 1 is 1.31 bits per heavy atom. The van der Waals surface area contributed by atoms with Crippen LogP contribution in [0.15, 0.2) is 24.3 Å². The summed E-state index contributed by atoms with van der Waals surface area (Å²) in [5.41, 5.74) is 2.36. The fraction of sp³-hybridized carbons (Fsp3) is 0.462. The Hall–Kier alpha value is -1.35. The Labute approximate surface area is 96.4 Å². The Morgan fingerprint density at radius 2 is 1.94 bits per heavy atom. The maximum atomic E-state index is 10.6. The zero-order valence-corrected chi connectivity index (χ0v) is 10.0. The fourth-order valence-corrected chi connectivity index (χ4v) is 1.34. The van der Waals surface area contributed by atoms with Crippen LogP contribution < -0.4 is 0 Å². The van der Waals surface area contributed by atoms with Crippen LogP contribution >= 0.6 is 0 Å². The summed E-state index contributed by atoms with van der Waals surface area (Å²) >= 11 is 0. The molecule has 1 atom stereocenters. The van der Waals surface area contributed by atoms with E-state index in [1.54, 1.807) is 0 Å². The SMILES string of the molecule is CC(=O)OC(C)COCc1ccc(C)cc1. The van der Waals surface area contributed by atoms with Gasteiger partial charge in [0.2, 0.25) is 0 Å². The first-order valence-electron chi connectivity index (χ1n) is 5.38. The second-order valence-corrected chi connectivity index (χ2v) is 3.92. The van der Waals surface area contributed by atoms with E-state index >= 15 is 0 Å². The largest absolute Gasteiger partial charge is 0.460 e. The Balaban J connectivity index is 2.25. The molecule has 0 saturated heterocycles. The molecular weight excluding hydrogens is 204 g/mol. The maximum absolute atomic E-state index is 10.6. The van der Waals surface area contributed by atoms with Crippen LogP contribution in [0, 0.1) is 6.92 Å². The van der Waals surface area contributed by atoms with E-state index in [2.05, 4.69) is 0 Å². The van der Waals surface area contributed by atoms with Crippen molar-refractivity contribution in [2.24, 2.45) is 0 Å². The molecule has 0 aliphatic heterocycles. The molecule has 0 heterocycles. The van der Waals surface area contributed by atoms with Crippen molar-refractivity contribution in [3.05, 3.63) is 35.4 Å². The highest BCUT2D eigenvalue weighted by molar-refractivity contribution is 5.66. The fourth-order valence-electron chi connectivity index (χ4n) is 1.34. The molecule has 3 nitrogen and oxygen atoms in total. The van der Waals surface area contributed by atoms with Gasteiger partial charge in [-0.3, -0.25) is 4.79 Å². The van der Waals surface area contributed by atoms with Gasteiger partial charge in [-0.05, 0) is 19.4 Å². The Morgan fingerprint density at radius 3 is 2.50 bits per heavy atom. The third-order valence-corrected chi connectivity index (χ3v) is 2.11. The molecule has 0 saturated carbocycles. The van der Waals surface area contributed by atoms with E-state index < -0.39 is 0 Å². The van der Waals surface area contributed by atoms with Crippen LogP contribution in [0.1, 0.15) is 25.0 Å². The van der Waals surface area contributed by atoms with Crippen molar-refractivity contribution in [2.75, 3.05) is 6.61 Å². The summed E-state index contributed by atoms with van der Waals surface area (Å²) in [4.78, 5) is 10.6. The molecular formula is C13H18O3. The molecule has 0 aromatic heterocycles. The predicted octanol–water partition coefficient (Wildman–Crippen LogP) is 2.46. The van der Waals surface area contributed by atoms with Gasteiger partial charge < -0.3 is 9.47 Å². The van der Waals surface area contributed by atoms with E-state index in [1.807, 2.05) is 38.1 Å². The van der Waals surface area contributed by atoms with Gasteiger partial charge in [0.1, 0.15) is 6.10 Å². The van der Waals surface area contributed by atoms with E-state index in [4.69, 9.17) is 9.47 Å². The summed E-state index contributed by atoms with van der Waals surface area (Å²) in [6, 6.07) is 8.17. The van der Waals surface area contributed by atoms with Crippen molar-refractivity contribution in [1.29, 1.82) is 0 Å². The minimum absolute atomic E-state index is 0.192. The van der Waals surface area contributed by atoms with Gasteiger partial charge in [0.05, 0.1) is 13.2 Å². The van der Waals surface area contributed by atoms with E-state index in [0.29, 0.717) is 13.2 Å². The number of carbonyl (C=O) groups excluding carboxylic acids is 1.